The monoisotopic (exact) mass is 311 g/mol. The molecule has 1 atom stereocenters. The molecule has 1 unspecified atom stereocenters. The minimum absolute atomic E-state index is 0.0273. The van der Waals surface area contributed by atoms with Crippen LogP contribution < -0.4 is 5.32 Å². The normalized spacial score (nSPS) is 18.5. The zero-order valence-electron chi connectivity index (χ0n) is 13.1. The highest BCUT2D eigenvalue weighted by Crippen LogP contribution is 2.23. The van der Waals surface area contributed by atoms with Gasteiger partial charge in [-0.15, -0.1) is 11.3 Å². The van der Waals surface area contributed by atoms with Gasteiger partial charge in [0.15, 0.2) is 0 Å². The van der Waals surface area contributed by atoms with Crippen LogP contribution in [0.3, 0.4) is 0 Å². The van der Waals surface area contributed by atoms with E-state index in [-0.39, 0.29) is 6.03 Å². The first-order valence-corrected chi connectivity index (χ1v) is 8.23. The number of thiophene rings is 1. The van der Waals surface area contributed by atoms with Gasteiger partial charge in [-0.25, -0.2) is 4.79 Å². The van der Waals surface area contributed by atoms with Crippen LogP contribution in [0.1, 0.15) is 17.7 Å². The maximum atomic E-state index is 12.4. The van der Waals surface area contributed by atoms with E-state index in [1.165, 1.54) is 4.88 Å². The maximum Gasteiger partial charge on any atom is 0.322 e. The molecular formula is C15H25N3O2S. The highest BCUT2D eigenvalue weighted by atomic mass is 32.1. The number of nitrogens with one attached hydrogen (secondary N) is 1. The molecule has 0 saturated carbocycles. The zero-order valence-corrected chi connectivity index (χ0v) is 13.9. The fourth-order valence-electron chi connectivity index (χ4n) is 2.67. The Kier molecular flexibility index (Phi) is 6.02. The molecule has 1 aliphatic heterocycles. The van der Waals surface area contributed by atoms with Gasteiger partial charge in [0.25, 0.3) is 0 Å². The third-order valence-electron chi connectivity index (χ3n) is 3.81. The number of carbonyl (C=O) groups is 1. The Hall–Kier alpha value is -1.11. The van der Waals surface area contributed by atoms with E-state index >= 15 is 0 Å². The number of rotatable bonds is 6. The summed E-state index contributed by atoms with van der Waals surface area (Å²) in [6.07, 6.45) is 2.16. The molecule has 1 aromatic heterocycles. The van der Waals surface area contributed by atoms with Crippen LogP contribution >= 0.6 is 11.3 Å². The standard InChI is InChI=1S/C15H25N3O2S/c1-12-6-7-14(21-12)16-15(19)18-8-4-5-13(18)11-17(2)9-10-20-3/h6-7,13H,4-5,8-11H2,1-3H3,(H,16,19). The molecule has 5 nitrogen and oxygen atoms in total. The van der Waals surface area contributed by atoms with Gasteiger partial charge in [-0.1, -0.05) is 0 Å². The van der Waals surface area contributed by atoms with Gasteiger partial charge in [0.1, 0.15) is 0 Å². The van der Waals surface area contributed by atoms with Crippen LogP contribution in [0, 0.1) is 6.92 Å². The lowest BCUT2D eigenvalue weighted by Gasteiger charge is -2.28. The Balaban J connectivity index is 1.87. The molecule has 6 heteroatoms. The second-order valence-electron chi connectivity index (χ2n) is 5.58. The number of likely N-dealkylation sites (tertiary alicyclic amines) is 1. The number of urea groups is 1. The molecule has 0 bridgehead atoms. The van der Waals surface area contributed by atoms with Crippen molar-refractivity contribution >= 4 is 22.4 Å². The molecule has 0 radical (unpaired) electrons. The van der Waals surface area contributed by atoms with Crippen molar-refractivity contribution in [2.75, 3.05) is 45.7 Å². The van der Waals surface area contributed by atoms with Crippen molar-refractivity contribution in [3.8, 4) is 0 Å². The predicted molar refractivity (Wildman–Crippen MR) is 87.2 cm³/mol. The van der Waals surface area contributed by atoms with Crippen molar-refractivity contribution in [1.82, 2.24) is 9.80 Å². The fraction of sp³-hybridized carbons (Fsp3) is 0.667. The fourth-order valence-corrected chi connectivity index (χ4v) is 3.43. The number of amides is 2. The van der Waals surface area contributed by atoms with Crippen molar-refractivity contribution in [3.05, 3.63) is 17.0 Å². The van der Waals surface area contributed by atoms with Crippen LogP contribution in [0.25, 0.3) is 0 Å². The van der Waals surface area contributed by atoms with Crippen LogP contribution in [-0.4, -0.2) is 62.3 Å². The summed E-state index contributed by atoms with van der Waals surface area (Å²) >= 11 is 1.62. The maximum absolute atomic E-state index is 12.4. The van der Waals surface area contributed by atoms with E-state index in [0.717, 1.165) is 44.1 Å². The van der Waals surface area contributed by atoms with Gasteiger partial charge in [-0.2, -0.15) is 0 Å². The van der Waals surface area contributed by atoms with Gasteiger partial charge < -0.3 is 14.5 Å². The van der Waals surface area contributed by atoms with Crippen molar-refractivity contribution in [1.29, 1.82) is 0 Å². The quantitative estimate of drug-likeness (QED) is 0.878. The number of ether oxygens (including phenoxy) is 1. The summed E-state index contributed by atoms with van der Waals surface area (Å²) in [5.41, 5.74) is 0. The minimum atomic E-state index is 0.0273. The van der Waals surface area contributed by atoms with Crippen LogP contribution in [0.5, 0.6) is 0 Å². The molecule has 1 saturated heterocycles. The van der Waals surface area contributed by atoms with Gasteiger partial charge in [-0.3, -0.25) is 5.32 Å². The van der Waals surface area contributed by atoms with Gasteiger partial charge in [0, 0.05) is 37.7 Å². The van der Waals surface area contributed by atoms with Gasteiger partial charge in [-0.05, 0) is 38.9 Å². The lowest BCUT2D eigenvalue weighted by Crippen LogP contribution is -2.44. The molecule has 1 fully saturated rings. The molecule has 2 rings (SSSR count). The Morgan fingerprint density at radius 3 is 3.05 bits per heavy atom. The highest BCUT2D eigenvalue weighted by molar-refractivity contribution is 7.16. The molecule has 2 heterocycles. The smallest absolute Gasteiger partial charge is 0.322 e. The first-order chi connectivity index (χ1) is 10.1. The largest absolute Gasteiger partial charge is 0.383 e. The van der Waals surface area contributed by atoms with E-state index in [1.807, 2.05) is 24.0 Å². The van der Waals surface area contributed by atoms with E-state index in [4.69, 9.17) is 4.74 Å². The van der Waals surface area contributed by atoms with Crippen molar-refractivity contribution in [3.63, 3.8) is 0 Å². The average molecular weight is 311 g/mol. The summed E-state index contributed by atoms with van der Waals surface area (Å²) in [7, 11) is 3.79. The second-order valence-corrected chi connectivity index (χ2v) is 6.87. The number of hydrogen-bond acceptors (Lipinski definition) is 4. The summed E-state index contributed by atoms with van der Waals surface area (Å²) < 4.78 is 5.10. The van der Waals surface area contributed by atoms with Crippen LogP contribution in [0.4, 0.5) is 9.80 Å². The minimum Gasteiger partial charge on any atom is -0.383 e. The van der Waals surface area contributed by atoms with Crippen LogP contribution in [0.15, 0.2) is 12.1 Å². The topological polar surface area (TPSA) is 44.8 Å². The second kappa shape index (κ2) is 7.77. The zero-order chi connectivity index (χ0) is 15.2. The number of methoxy groups -OCH3 is 1. The Bertz CT molecular complexity index is 464. The summed E-state index contributed by atoms with van der Waals surface area (Å²) in [6, 6.07) is 4.32. The summed E-state index contributed by atoms with van der Waals surface area (Å²) in [4.78, 5) is 17.8. The highest BCUT2D eigenvalue weighted by Gasteiger charge is 2.29. The van der Waals surface area contributed by atoms with E-state index < -0.39 is 0 Å². The van der Waals surface area contributed by atoms with Crippen LogP contribution in [0.2, 0.25) is 0 Å². The molecule has 1 aliphatic rings. The van der Waals surface area contributed by atoms with E-state index in [1.54, 1.807) is 18.4 Å². The van der Waals surface area contributed by atoms with Crippen molar-refractivity contribution in [2.45, 2.75) is 25.8 Å². The number of carbonyl (C=O) groups excluding carboxylic acids is 1. The Morgan fingerprint density at radius 2 is 2.38 bits per heavy atom. The molecular weight excluding hydrogens is 286 g/mol. The molecule has 0 aliphatic carbocycles. The molecule has 0 spiro atoms. The van der Waals surface area contributed by atoms with E-state index in [2.05, 4.69) is 17.3 Å². The number of aryl methyl sites for hydroxylation is 1. The van der Waals surface area contributed by atoms with E-state index in [0.29, 0.717) is 6.04 Å². The Morgan fingerprint density at radius 1 is 1.57 bits per heavy atom. The van der Waals surface area contributed by atoms with Crippen LogP contribution in [-0.2, 0) is 4.74 Å². The molecule has 0 aromatic carbocycles. The van der Waals surface area contributed by atoms with Gasteiger partial charge in [0.2, 0.25) is 0 Å². The van der Waals surface area contributed by atoms with E-state index in [9.17, 15) is 4.79 Å². The SMILES string of the molecule is COCCN(C)CC1CCCN1C(=O)Nc1ccc(C)s1. The first-order valence-electron chi connectivity index (χ1n) is 7.41. The van der Waals surface area contributed by atoms with Gasteiger partial charge in [0.05, 0.1) is 11.6 Å². The number of nitrogens with zero attached hydrogens (tertiary/aromatic N) is 2. The third-order valence-corrected chi connectivity index (χ3v) is 4.72. The third kappa shape index (κ3) is 4.69. The molecule has 2 amide bonds. The van der Waals surface area contributed by atoms with Gasteiger partial charge >= 0.3 is 6.03 Å². The molecule has 21 heavy (non-hydrogen) atoms. The van der Waals surface area contributed by atoms with Crippen molar-refractivity contribution < 1.29 is 9.53 Å². The first kappa shape index (κ1) is 16.3. The number of anilines is 1. The lowest BCUT2D eigenvalue weighted by molar-refractivity contribution is 0.143. The number of likely N-dealkylation sites (N-methyl/N-ethyl adjacent to an activating group) is 1. The molecule has 118 valence electrons. The summed E-state index contributed by atoms with van der Waals surface area (Å²) in [6.45, 7) is 5.42. The summed E-state index contributed by atoms with van der Waals surface area (Å²) in [5, 5.41) is 3.94. The lowest BCUT2D eigenvalue weighted by atomic mass is 10.2. The average Bonchev–Trinajstić information content (AvgIpc) is 3.05. The number of hydrogen-bond donors (Lipinski definition) is 1. The molecule has 1 aromatic rings. The summed E-state index contributed by atoms with van der Waals surface area (Å²) in [5.74, 6) is 0. The van der Waals surface area contributed by atoms with Crippen molar-refractivity contribution in [2.24, 2.45) is 0 Å². The Labute approximate surface area is 130 Å². The predicted octanol–water partition coefficient (Wildman–Crippen LogP) is 2.63. The molecule has 1 N–H and O–H groups in total.